The van der Waals surface area contributed by atoms with Crippen molar-refractivity contribution in [1.29, 1.82) is 0 Å². The highest BCUT2D eigenvalue weighted by molar-refractivity contribution is 7.87. The number of rotatable bonds is 8. The maximum atomic E-state index is 13.3. The summed E-state index contributed by atoms with van der Waals surface area (Å²) in [5.41, 5.74) is 1.39. The third-order valence-corrected chi connectivity index (χ3v) is 7.01. The number of amides is 1. The lowest BCUT2D eigenvalue weighted by atomic mass is 10.1. The van der Waals surface area contributed by atoms with Gasteiger partial charge in [0, 0.05) is 13.1 Å². The number of carbonyl (C=O) groups excluding carboxylic acids is 1. The van der Waals surface area contributed by atoms with E-state index in [4.69, 9.17) is 4.18 Å². The second-order valence-electron chi connectivity index (χ2n) is 7.40. The molecule has 1 aromatic heterocycles. The maximum Gasteiger partial charge on any atom is 0.339 e. The zero-order valence-electron chi connectivity index (χ0n) is 17.7. The summed E-state index contributed by atoms with van der Waals surface area (Å²) in [5, 5.41) is 1.80. The molecular formula is C25H19F2NO4S2. The van der Waals surface area contributed by atoms with Crippen LogP contribution in [0.15, 0.2) is 95.2 Å². The van der Waals surface area contributed by atoms with Gasteiger partial charge in [-0.25, -0.2) is 8.78 Å². The van der Waals surface area contributed by atoms with E-state index in [1.165, 1.54) is 35.6 Å². The van der Waals surface area contributed by atoms with Crippen molar-refractivity contribution < 1.29 is 26.2 Å². The van der Waals surface area contributed by atoms with Gasteiger partial charge in [0.05, 0.1) is 4.88 Å². The van der Waals surface area contributed by atoms with E-state index in [1.54, 1.807) is 46.7 Å². The molecule has 34 heavy (non-hydrogen) atoms. The second kappa shape index (κ2) is 10.1. The minimum atomic E-state index is -4.16. The Bertz CT molecular complexity index is 1370. The van der Waals surface area contributed by atoms with Crippen LogP contribution in [0.1, 0.15) is 20.8 Å². The minimum absolute atomic E-state index is 0.0622. The van der Waals surface area contributed by atoms with E-state index in [0.29, 0.717) is 10.4 Å². The van der Waals surface area contributed by atoms with Gasteiger partial charge >= 0.3 is 10.1 Å². The first-order valence-electron chi connectivity index (χ1n) is 10.2. The standard InChI is InChI=1S/C25H19F2NO4S2/c26-20-8-6-18(7-9-20)16-28(25(29)24-5-2-14-33-24)17-19-3-1-4-22(15-19)32-34(30,31)23-12-10-21(27)11-13-23/h1-15H,16-17H2. The van der Waals surface area contributed by atoms with Gasteiger partial charge < -0.3 is 9.08 Å². The molecule has 0 radical (unpaired) electrons. The van der Waals surface area contributed by atoms with Crippen LogP contribution in [-0.2, 0) is 23.2 Å². The highest BCUT2D eigenvalue weighted by Gasteiger charge is 2.20. The summed E-state index contributed by atoms with van der Waals surface area (Å²) in [5.74, 6) is -1.07. The monoisotopic (exact) mass is 499 g/mol. The van der Waals surface area contributed by atoms with Gasteiger partial charge in [-0.1, -0.05) is 30.3 Å². The molecule has 0 bridgehead atoms. The molecule has 0 saturated carbocycles. The summed E-state index contributed by atoms with van der Waals surface area (Å²) in [6.07, 6.45) is 0. The summed E-state index contributed by atoms with van der Waals surface area (Å²) < 4.78 is 56.7. The molecule has 1 heterocycles. The van der Waals surface area contributed by atoms with Gasteiger partial charge in [-0.05, 0) is 71.1 Å². The van der Waals surface area contributed by atoms with E-state index in [2.05, 4.69) is 0 Å². The second-order valence-corrected chi connectivity index (χ2v) is 9.90. The molecule has 4 aromatic rings. The van der Waals surface area contributed by atoms with Crippen molar-refractivity contribution in [2.45, 2.75) is 18.0 Å². The van der Waals surface area contributed by atoms with Crippen LogP contribution in [0.25, 0.3) is 0 Å². The van der Waals surface area contributed by atoms with Gasteiger partial charge in [0.1, 0.15) is 22.3 Å². The number of thiophene rings is 1. The number of halogens is 2. The van der Waals surface area contributed by atoms with Gasteiger partial charge in [0.15, 0.2) is 0 Å². The third-order valence-electron chi connectivity index (χ3n) is 4.89. The van der Waals surface area contributed by atoms with Crippen molar-refractivity contribution >= 4 is 27.4 Å². The zero-order chi connectivity index (χ0) is 24.1. The zero-order valence-corrected chi connectivity index (χ0v) is 19.4. The van der Waals surface area contributed by atoms with Gasteiger partial charge in [-0.2, -0.15) is 8.42 Å². The third kappa shape index (κ3) is 5.86. The molecular weight excluding hydrogens is 480 g/mol. The predicted molar refractivity (Wildman–Crippen MR) is 125 cm³/mol. The smallest absolute Gasteiger partial charge is 0.339 e. The van der Waals surface area contributed by atoms with Crippen LogP contribution in [0.3, 0.4) is 0 Å². The summed E-state index contributed by atoms with van der Waals surface area (Å²) in [7, 11) is -4.16. The molecule has 3 aromatic carbocycles. The molecule has 0 fully saturated rings. The SMILES string of the molecule is O=C(c1cccs1)N(Cc1ccc(F)cc1)Cc1cccc(OS(=O)(=O)c2ccc(F)cc2)c1. The number of hydrogen-bond acceptors (Lipinski definition) is 5. The Morgan fingerprint density at radius 1 is 0.824 bits per heavy atom. The number of hydrogen-bond donors (Lipinski definition) is 0. The average molecular weight is 500 g/mol. The lowest BCUT2D eigenvalue weighted by molar-refractivity contribution is 0.0735. The predicted octanol–water partition coefficient (Wildman–Crippen LogP) is 5.64. The summed E-state index contributed by atoms with van der Waals surface area (Å²) in [6.45, 7) is 0.401. The van der Waals surface area contributed by atoms with Crippen LogP contribution < -0.4 is 4.18 Å². The van der Waals surface area contributed by atoms with E-state index in [1.807, 2.05) is 0 Å². The topological polar surface area (TPSA) is 63.7 Å². The lowest BCUT2D eigenvalue weighted by Gasteiger charge is -2.23. The van der Waals surface area contributed by atoms with Crippen molar-refractivity contribution in [2.75, 3.05) is 0 Å². The molecule has 9 heteroatoms. The van der Waals surface area contributed by atoms with E-state index in [9.17, 15) is 22.0 Å². The molecule has 0 unspecified atom stereocenters. The van der Waals surface area contributed by atoms with E-state index in [-0.39, 0.29) is 35.5 Å². The minimum Gasteiger partial charge on any atom is -0.379 e. The van der Waals surface area contributed by atoms with Crippen molar-refractivity contribution in [3.63, 3.8) is 0 Å². The Morgan fingerprint density at radius 3 is 2.12 bits per heavy atom. The molecule has 1 amide bonds. The quantitative estimate of drug-likeness (QED) is 0.295. The number of benzene rings is 3. The first kappa shape index (κ1) is 23.6. The first-order valence-corrected chi connectivity index (χ1v) is 12.5. The fourth-order valence-corrected chi connectivity index (χ4v) is 4.87. The Morgan fingerprint density at radius 2 is 1.47 bits per heavy atom. The largest absolute Gasteiger partial charge is 0.379 e. The highest BCUT2D eigenvalue weighted by Crippen LogP contribution is 2.23. The lowest BCUT2D eigenvalue weighted by Crippen LogP contribution is -2.29. The Hall–Kier alpha value is -3.56. The summed E-state index contributed by atoms with van der Waals surface area (Å²) >= 11 is 1.31. The Kier molecular flexibility index (Phi) is 7.04. The van der Waals surface area contributed by atoms with Crippen LogP contribution >= 0.6 is 11.3 Å². The molecule has 4 rings (SSSR count). The van der Waals surface area contributed by atoms with Gasteiger partial charge in [-0.15, -0.1) is 11.3 Å². The fraction of sp³-hybridized carbons (Fsp3) is 0.0800. The number of carbonyl (C=O) groups is 1. The molecule has 0 atom stereocenters. The molecule has 0 N–H and O–H groups in total. The maximum absolute atomic E-state index is 13.3. The summed E-state index contributed by atoms with van der Waals surface area (Å²) in [6, 6.07) is 20.1. The molecule has 0 aliphatic rings. The van der Waals surface area contributed by atoms with Crippen LogP contribution in [0.2, 0.25) is 0 Å². The fourth-order valence-electron chi connectivity index (χ4n) is 3.26. The van der Waals surface area contributed by atoms with Crippen molar-refractivity contribution in [3.8, 4) is 5.75 Å². The van der Waals surface area contributed by atoms with Gasteiger partial charge in [-0.3, -0.25) is 4.79 Å². The van der Waals surface area contributed by atoms with Gasteiger partial charge in [0.25, 0.3) is 5.91 Å². The molecule has 0 aliphatic carbocycles. The van der Waals surface area contributed by atoms with Crippen LogP contribution in [-0.4, -0.2) is 19.2 Å². The van der Waals surface area contributed by atoms with Crippen molar-refractivity contribution in [3.05, 3.63) is 118 Å². The molecule has 0 spiro atoms. The van der Waals surface area contributed by atoms with E-state index < -0.39 is 15.9 Å². The van der Waals surface area contributed by atoms with Crippen LogP contribution in [0, 0.1) is 11.6 Å². The first-order chi connectivity index (χ1) is 16.3. The van der Waals surface area contributed by atoms with E-state index in [0.717, 1.165) is 29.8 Å². The van der Waals surface area contributed by atoms with Crippen LogP contribution in [0.4, 0.5) is 8.78 Å². The molecule has 174 valence electrons. The average Bonchev–Trinajstić information content (AvgIpc) is 3.35. The van der Waals surface area contributed by atoms with Crippen molar-refractivity contribution in [2.24, 2.45) is 0 Å². The molecule has 5 nitrogen and oxygen atoms in total. The normalized spacial score (nSPS) is 11.2. The molecule has 0 aliphatic heterocycles. The van der Waals surface area contributed by atoms with Crippen molar-refractivity contribution in [1.82, 2.24) is 4.90 Å². The highest BCUT2D eigenvalue weighted by atomic mass is 32.2. The van der Waals surface area contributed by atoms with Gasteiger partial charge in [0.2, 0.25) is 0 Å². The Labute approximate surface area is 200 Å². The summed E-state index contributed by atoms with van der Waals surface area (Å²) in [4.78, 5) is 15.1. The van der Waals surface area contributed by atoms with Crippen LogP contribution in [0.5, 0.6) is 5.75 Å². The molecule has 0 saturated heterocycles. The van der Waals surface area contributed by atoms with E-state index >= 15 is 0 Å². The number of nitrogens with zero attached hydrogens (tertiary/aromatic N) is 1. The Balaban J connectivity index is 1.56.